The Hall–Kier alpha value is -4.55. The molecule has 2 atom stereocenters. The van der Waals surface area contributed by atoms with Gasteiger partial charge in [0.15, 0.2) is 11.7 Å². The highest BCUT2D eigenvalue weighted by molar-refractivity contribution is 7.23. The van der Waals surface area contributed by atoms with Crippen LogP contribution in [0, 0.1) is 0 Å². The van der Waals surface area contributed by atoms with Crippen molar-refractivity contribution < 1.29 is 14.3 Å². The van der Waals surface area contributed by atoms with Gasteiger partial charge in [-0.2, -0.15) is 0 Å². The quantitative estimate of drug-likeness (QED) is 0.0705. The highest BCUT2D eigenvalue weighted by Gasteiger charge is 2.22. The maximum Gasteiger partial charge on any atom is 0.184 e. The number of carbonyl (C=O) groups excluding carboxylic acids is 1. The van der Waals surface area contributed by atoms with Gasteiger partial charge in [0.2, 0.25) is 0 Å². The number of fused-ring (bicyclic) bond motifs is 4. The van der Waals surface area contributed by atoms with E-state index in [0.717, 1.165) is 23.1 Å². The molecule has 0 bridgehead atoms. The van der Waals surface area contributed by atoms with Crippen LogP contribution in [-0.4, -0.2) is 12.7 Å². The van der Waals surface area contributed by atoms with Gasteiger partial charge >= 0.3 is 0 Å². The second-order valence-corrected chi connectivity index (χ2v) is 13.9. The van der Waals surface area contributed by atoms with Gasteiger partial charge in [-0.15, -0.1) is 22.7 Å². The highest BCUT2D eigenvalue weighted by Crippen LogP contribution is 2.43. The first-order chi connectivity index (χ1) is 23.1. The molecule has 6 heteroatoms. The topological polar surface area (TPSA) is 61.5 Å². The van der Waals surface area contributed by atoms with E-state index in [1.807, 2.05) is 53.8 Å². The lowest BCUT2D eigenvalue weighted by Crippen LogP contribution is -2.13. The first-order valence-electron chi connectivity index (χ1n) is 15.8. The largest absolute Gasteiger partial charge is 0.478 e. The molecule has 0 saturated heterocycles. The van der Waals surface area contributed by atoms with Gasteiger partial charge in [-0.05, 0) is 99.5 Å². The average Bonchev–Trinajstić information content (AvgIpc) is 3.70. The SMILES string of the molecule is C=C/C=C(\C=C/C)CC(=C=O)OC1CC=Cc2cc(-c3cc4cc5sc(-c6ccc7c(c6)C=CCC7OCN)cc5cc4s3)ccc21. The molecule has 0 spiro atoms. The fourth-order valence-corrected chi connectivity index (χ4v) is 8.64. The normalized spacial score (nSPS) is 17.2. The lowest BCUT2D eigenvalue weighted by molar-refractivity contribution is 0.0587. The summed E-state index contributed by atoms with van der Waals surface area (Å²) in [6.07, 6.45) is 17.9. The molecule has 2 aliphatic rings. The van der Waals surface area contributed by atoms with Crippen LogP contribution >= 0.6 is 22.7 Å². The maximum absolute atomic E-state index is 11.8. The second kappa shape index (κ2) is 13.7. The number of ether oxygens (including phenoxy) is 2. The summed E-state index contributed by atoms with van der Waals surface area (Å²) in [5.74, 6) is 2.32. The smallest absolute Gasteiger partial charge is 0.184 e. The van der Waals surface area contributed by atoms with Crippen molar-refractivity contribution in [2.75, 3.05) is 6.73 Å². The van der Waals surface area contributed by atoms with Crippen molar-refractivity contribution in [3.63, 3.8) is 0 Å². The van der Waals surface area contributed by atoms with Crippen LogP contribution in [-0.2, 0) is 14.3 Å². The minimum atomic E-state index is -0.230. The summed E-state index contributed by atoms with van der Waals surface area (Å²) in [5, 5.41) is 2.51. The van der Waals surface area contributed by atoms with Crippen molar-refractivity contribution in [2.45, 2.75) is 38.4 Å². The molecule has 47 heavy (non-hydrogen) atoms. The Morgan fingerprint density at radius 2 is 1.49 bits per heavy atom. The minimum absolute atomic E-state index is 0.0256. The zero-order chi connectivity index (χ0) is 32.3. The van der Waals surface area contributed by atoms with Gasteiger partial charge < -0.3 is 15.2 Å². The Morgan fingerprint density at radius 1 is 0.894 bits per heavy atom. The van der Waals surface area contributed by atoms with Gasteiger partial charge in [0, 0.05) is 32.0 Å². The van der Waals surface area contributed by atoms with Gasteiger partial charge in [0.1, 0.15) is 6.10 Å². The number of hydrogen-bond donors (Lipinski definition) is 1. The zero-order valence-corrected chi connectivity index (χ0v) is 27.8. The zero-order valence-electron chi connectivity index (χ0n) is 26.2. The summed E-state index contributed by atoms with van der Waals surface area (Å²) in [5.41, 5.74) is 13.6. The van der Waals surface area contributed by atoms with Crippen LogP contribution in [0.2, 0.25) is 0 Å². The van der Waals surface area contributed by atoms with Gasteiger partial charge in [0.25, 0.3) is 0 Å². The minimum Gasteiger partial charge on any atom is -0.478 e. The molecule has 2 aliphatic carbocycles. The van der Waals surface area contributed by atoms with Crippen molar-refractivity contribution in [3.05, 3.63) is 137 Å². The first-order valence-corrected chi connectivity index (χ1v) is 17.5. The Balaban J connectivity index is 1.13. The van der Waals surface area contributed by atoms with Crippen LogP contribution in [0.3, 0.4) is 0 Å². The fourth-order valence-electron chi connectivity index (χ4n) is 6.46. The Kier molecular flexibility index (Phi) is 9.03. The van der Waals surface area contributed by atoms with E-state index in [2.05, 4.69) is 91.5 Å². The molecule has 2 unspecified atom stereocenters. The van der Waals surface area contributed by atoms with Crippen molar-refractivity contribution in [2.24, 2.45) is 5.73 Å². The predicted octanol–water partition coefficient (Wildman–Crippen LogP) is 11.1. The molecular formula is C41H35NO3S2. The van der Waals surface area contributed by atoms with Gasteiger partial charge in [-0.3, -0.25) is 0 Å². The number of thiophene rings is 2. The van der Waals surface area contributed by atoms with E-state index in [4.69, 9.17) is 15.2 Å². The van der Waals surface area contributed by atoms with E-state index < -0.39 is 0 Å². The molecule has 5 aromatic rings. The monoisotopic (exact) mass is 653 g/mol. The third-order valence-corrected chi connectivity index (χ3v) is 11.0. The molecule has 0 saturated carbocycles. The first kappa shape index (κ1) is 31.1. The van der Waals surface area contributed by atoms with Gasteiger partial charge in [0.05, 0.1) is 12.8 Å². The highest BCUT2D eigenvalue weighted by atomic mass is 32.1. The van der Waals surface area contributed by atoms with Crippen LogP contribution < -0.4 is 5.73 Å². The van der Waals surface area contributed by atoms with Crippen molar-refractivity contribution in [3.8, 4) is 20.9 Å². The molecule has 4 nitrogen and oxygen atoms in total. The molecular weight excluding hydrogens is 619 g/mol. The summed E-state index contributed by atoms with van der Waals surface area (Å²) in [6, 6.07) is 22.4. The average molecular weight is 654 g/mol. The summed E-state index contributed by atoms with van der Waals surface area (Å²) >= 11 is 3.65. The van der Waals surface area contributed by atoms with Crippen LogP contribution in [0.5, 0.6) is 0 Å². The molecule has 7 rings (SSSR count). The standard InChI is InChI=1S/C41H35NO3S2/c1-3-7-26(8-4-2)17-33(24-43)45-37-12-6-10-28-19-30(14-16-35(28)37)39-21-32-23-40-31(22-41(32)47-39)20-38(46-40)29-13-15-34-27(18-29)9-5-11-36(34)44-25-42/h3-10,13-16,18-23,36-37H,1,11-12,17,25,42H2,2H3/b8-4-,26-7+. The molecule has 234 valence electrons. The number of benzene rings is 3. The maximum atomic E-state index is 11.8. The Morgan fingerprint density at radius 3 is 2.04 bits per heavy atom. The Bertz CT molecular complexity index is 2120. The van der Waals surface area contributed by atoms with E-state index in [1.54, 1.807) is 6.08 Å². The summed E-state index contributed by atoms with van der Waals surface area (Å²) in [7, 11) is 0. The number of nitrogens with two attached hydrogens (primary N) is 1. The Labute approximate surface area is 283 Å². The van der Waals surface area contributed by atoms with E-state index in [-0.39, 0.29) is 18.9 Å². The fraction of sp³-hybridized carbons (Fsp3) is 0.171. The van der Waals surface area contributed by atoms with Crippen molar-refractivity contribution in [1.82, 2.24) is 0 Å². The van der Waals surface area contributed by atoms with Crippen molar-refractivity contribution >= 4 is 60.9 Å². The molecule has 2 heterocycles. The lowest BCUT2D eigenvalue weighted by Gasteiger charge is -2.24. The molecule has 0 aliphatic heterocycles. The predicted molar refractivity (Wildman–Crippen MR) is 199 cm³/mol. The van der Waals surface area contributed by atoms with E-state index in [9.17, 15) is 4.79 Å². The molecule has 2 N–H and O–H groups in total. The number of allylic oxidation sites excluding steroid dienone is 5. The van der Waals surface area contributed by atoms with Crippen molar-refractivity contribution in [1.29, 1.82) is 0 Å². The van der Waals surface area contributed by atoms with E-state index >= 15 is 0 Å². The van der Waals surface area contributed by atoms with Crippen LogP contribution in [0.25, 0.3) is 53.2 Å². The molecule has 2 aromatic heterocycles. The van der Waals surface area contributed by atoms with Crippen LogP contribution in [0.15, 0.2) is 115 Å². The van der Waals surface area contributed by atoms with Gasteiger partial charge in [-0.25, -0.2) is 4.79 Å². The third-order valence-electron chi connectivity index (χ3n) is 8.66. The molecule has 0 fully saturated rings. The lowest BCUT2D eigenvalue weighted by atomic mass is 9.92. The third kappa shape index (κ3) is 6.39. The van der Waals surface area contributed by atoms with Gasteiger partial charge in [-0.1, -0.05) is 79.5 Å². The molecule has 3 aromatic carbocycles. The van der Waals surface area contributed by atoms with E-state index in [1.165, 1.54) is 52.2 Å². The number of rotatable bonds is 10. The van der Waals surface area contributed by atoms with E-state index in [0.29, 0.717) is 18.6 Å². The summed E-state index contributed by atoms with van der Waals surface area (Å²) < 4.78 is 14.5. The van der Waals surface area contributed by atoms with Crippen LogP contribution in [0.4, 0.5) is 0 Å². The summed E-state index contributed by atoms with van der Waals surface area (Å²) in [4.78, 5) is 14.3. The number of hydrogen-bond acceptors (Lipinski definition) is 6. The second-order valence-electron chi connectivity index (χ2n) is 11.7. The molecule has 0 radical (unpaired) electrons. The summed E-state index contributed by atoms with van der Waals surface area (Å²) in [6.45, 7) is 5.95. The van der Waals surface area contributed by atoms with Crippen LogP contribution in [0.1, 0.15) is 60.6 Å². The molecule has 0 amide bonds.